The molecule has 0 N–H and O–H groups in total. The number of hydrogen-bond donors (Lipinski definition) is 0. The first-order chi connectivity index (χ1) is 41.3. The standard InChI is InChI=1S/C79H72BN3O3/c1-76(2,3)53-24-33-58(34-25-53)82-67-39-28-55(78(7,8)9)45-65(67)80-66-47-73-74(85-41-40-84-73)48-68(66)83(59-35-26-54(27-36-59)77(4,5)6)70-43-52(42-69(82)75(70)80)49-20-29-56(30-21-49)81(57-31-22-50(23-32-57)72-44-51-16-12-15-19-71(51)86-72)60-37-38-62-61-17-13-14-18-63(61)79(10,11)64(62)46-60/h12-39,42-48H,40-41H2,1-11H3. The molecule has 0 spiro atoms. The molecule has 11 aromatic rings. The molecule has 0 atom stereocenters. The molecule has 424 valence electrons. The van der Waals surface area contributed by atoms with Crippen LogP contribution in [0.4, 0.5) is 51.2 Å². The summed E-state index contributed by atoms with van der Waals surface area (Å²) in [5, 5.41) is 1.09. The van der Waals surface area contributed by atoms with Gasteiger partial charge in [-0.3, -0.25) is 0 Å². The van der Waals surface area contributed by atoms with Gasteiger partial charge in [-0.2, -0.15) is 0 Å². The molecule has 3 aliphatic heterocycles. The molecule has 0 unspecified atom stereocenters. The van der Waals surface area contributed by atoms with Gasteiger partial charge in [0.1, 0.15) is 24.6 Å². The number of furan rings is 1. The van der Waals surface area contributed by atoms with Crippen LogP contribution in [0.5, 0.6) is 11.5 Å². The number of rotatable bonds is 7. The van der Waals surface area contributed by atoms with E-state index in [1.54, 1.807) is 0 Å². The van der Waals surface area contributed by atoms with Gasteiger partial charge in [-0.1, -0.05) is 173 Å². The third kappa shape index (κ3) is 8.75. The SMILES string of the molecule is CC(C)(C)c1ccc(N2c3ccc(C(C)(C)C)cc3B3c4cc5c(cc4N(c4ccc(C(C)(C)C)cc4)c4cc(-c6ccc(N(c7ccc(-c8cc9ccccc9o8)cc7)c7ccc8c(c7)C(C)(C)c7ccccc7-8)cc6)cc2c43)OCCO5)cc1. The van der Waals surface area contributed by atoms with Gasteiger partial charge < -0.3 is 28.6 Å². The highest BCUT2D eigenvalue weighted by Crippen LogP contribution is 2.53. The number of fused-ring (bicyclic) bond motifs is 9. The Kier molecular flexibility index (Phi) is 12.1. The topological polar surface area (TPSA) is 41.3 Å². The first kappa shape index (κ1) is 53.5. The summed E-state index contributed by atoms with van der Waals surface area (Å²) in [5.74, 6) is 2.41. The molecule has 0 saturated heterocycles. The van der Waals surface area contributed by atoms with E-state index in [1.807, 2.05) is 12.1 Å². The van der Waals surface area contributed by atoms with E-state index in [1.165, 1.54) is 61.0 Å². The second-order valence-corrected chi connectivity index (χ2v) is 27.7. The minimum absolute atomic E-state index is 0.00847. The van der Waals surface area contributed by atoms with Gasteiger partial charge in [-0.05, 0) is 192 Å². The van der Waals surface area contributed by atoms with Crippen molar-refractivity contribution in [1.29, 1.82) is 0 Å². The highest BCUT2D eigenvalue weighted by molar-refractivity contribution is 7.00. The lowest BCUT2D eigenvalue weighted by atomic mass is 9.33. The van der Waals surface area contributed by atoms with E-state index < -0.39 is 0 Å². The lowest BCUT2D eigenvalue weighted by Crippen LogP contribution is -2.61. The van der Waals surface area contributed by atoms with E-state index in [2.05, 4.69) is 291 Å². The smallest absolute Gasteiger partial charge is 0.252 e. The van der Waals surface area contributed by atoms with Crippen LogP contribution in [-0.2, 0) is 21.7 Å². The predicted molar refractivity (Wildman–Crippen MR) is 360 cm³/mol. The Bertz CT molecular complexity index is 4460. The van der Waals surface area contributed by atoms with E-state index in [9.17, 15) is 0 Å². The Morgan fingerprint density at radius 2 is 0.942 bits per heavy atom. The van der Waals surface area contributed by atoms with Gasteiger partial charge in [-0.15, -0.1) is 0 Å². The molecular formula is C79H72BN3O3. The molecule has 7 heteroatoms. The summed E-state index contributed by atoms with van der Waals surface area (Å²) in [6.07, 6.45) is 0. The van der Waals surface area contributed by atoms with E-state index in [0.29, 0.717) is 13.2 Å². The molecule has 6 nitrogen and oxygen atoms in total. The van der Waals surface area contributed by atoms with Crippen LogP contribution >= 0.6 is 0 Å². The lowest BCUT2D eigenvalue weighted by Gasteiger charge is -2.45. The van der Waals surface area contributed by atoms with Crippen LogP contribution in [0.3, 0.4) is 0 Å². The van der Waals surface area contributed by atoms with Crippen molar-refractivity contribution in [3.8, 4) is 45.1 Å². The van der Waals surface area contributed by atoms with Crippen molar-refractivity contribution in [3.63, 3.8) is 0 Å². The largest absolute Gasteiger partial charge is 0.486 e. The maximum atomic E-state index is 6.48. The molecule has 86 heavy (non-hydrogen) atoms. The first-order valence-corrected chi connectivity index (χ1v) is 30.6. The Labute approximate surface area is 507 Å². The highest BCUT2D eigenvalue weighted by Gasteiger charge is 2.45. The minimum atomic E-state index is -0.171. The van der Waals surface area contributed by atoms with E-state index >= 15 is 0 Å². The van der Waals surface area contributed by atoms with Gasteiger partial charge >= 0.3 is 0 Å². The number of nitrogens with zero attached hydrogens (tertiary/aromatic N) is 3. The van der Waals surface area contributed by atoms with Gasteiger partial charge in [0, 0.05) is 73.6 Å². The number of hydrogen-bond acceptors (Lipinski definition) is 6. The molecule has 0 bridgehead atoms. The quantitative estimate of drug-likeness (QED) is 0.148. The fourth-order valence-electron chi connectivity index (χ4n) is 13.9. The van der Waals surface area contributed by atoms with Crippen LogP contribution in [0.1, 0.15) is 104 Å². The first-order valence-electron chi connectivity index (χ1n) is 30.6. The van der Waals surface area contributed by atoms with Crippen molar-refractivity contribution in [2.45, 2.75) is 97.8 Å². The van der Waals surface area contributed by atoms with Crippen LogP contribution in [0.25, 0.3) is 44.5 Å². The second kappa shape index (κ2) is 19.4. The molecule has 10 aromatic carbocycles. The summed E-state index contributed by atoms with van der Waals surface area (Å²) in [4.78, 5) is 7.44. The van der Waals surface area contributed by atoms with Crippen molar-refractivity contribution in [3.05, 3.63) is 240 Å². The van der Waals surface area contributed by atoms with Crippen LogP contribution < -0.4 is 40.6 Å². The highest BCUT2D eigenvalue weighted by atomic mass is 16.6. The summed E-state index contributed by atoms with van der Waals surface area (Å²) in [5.41, 5.74) is 26.7. The van der Waals surface area contributed by atoms with Crippen LogP contribution in [0, 0.1) is 0 Å². The van der Waals surface area contributed by atoms with Gasteiger partial charge in [0.2, 0.25) is 0 Å². The van der Waals surface area contributed by atoms with Crippen molar-refractivity contribution in [2.75, 3.05) is 27.9 Å². The normalized spacial score (nSPS) is 14.6. The molecule has 0 amide bonds. The molecule has 15 rings (SSSR count). The van der Waals surface area contributed by atoms with Gasteiger partial charge in [-0.25, -0.2) is 0 Å². The van der Waals surface area contributed by atoms with E-state index in [0.717, 1.165) is 90.4 Å². The Balaban J connectivity index is 0.933. The zero-order chi connectivity index (χ0) is 59.2. The zero-order valence-corrected chi connectivity index (χ0v) is 51.3. The molecule has 0 radical (unpaired) electrons. The van der Waals surface area contributed by atoms with E-state index in [4.69, 9.17) is 13.9 Å². The van der Waals surface area contributed by atoms with Crippen LogP contribution in [-0.4, -0.2) is 19.9 Å². The van der Waals surface area contributed by atoms with Gasteiger partial charge in [0.05, 0.1) is 0 Å². The zero-order valence-electron chi connectivity index (χ0n) is 51.3. The summed E-state index contributed by atoms with van der Waals surface area (Å²) in [6.45, 7) is 26.3. The molecule has 4 aliphatic rings. The molecule has 0 saturated carbocycles. The average molecular weight is 1120 g/mol. The second-order valence-electron chi connectivity index (χ2n) is 27.7. The Morgan fingerprint density at radius 1 is 0.419 bits per heavy atom. The number of benzene rings is 10. The summed E-state index contributed by atoms with van der Waals surface area (Å²) < 4.78 is 19.3. The van der Waals surface area contributed by atoms with Crippen molar-refractivity contribution >= 4 is 85.3 Å². The third-order valence-electron chi connectivity index (χ3n) is 18.7. The van der Waals surface area contributed by atoms with Crippen molar-refractivity contribution in [2.24, 2.45) is 0 Å². The molecule has 4 heterocycles. The van der Waals surface area contributed by atoms with Gasteiger partial charge in [0.15, 0.2) is 11.5 Å². The lowest BCUT2D eigenvalue weighted by molar-refractivity contribution is 0.172. The fourth-order valence-corrected chi connectivity index (χ4v) is 13.9. The number of ether oxygens (including phenoxy) is 2. The third-order valence-corrected chi connectivity index (χ3v) is 18.7. The molecule has 1 aromatic heterocycles. The number of anilines is 9. The molecule has 1 aliphatic carbocycles. The number of para-hydroxylation sites is 1. The average Bonchev–Trinajstić information content (AvgIpc) is 0.875. The molecule has 0 fully saturated rings. The van der Waals surface area contributed by atoms with Crippen LogP contribution in [0.2, 0.25) is 0 Å². The summed E-state index contributed by atoms with van der Waals surface area (Å²) >= 11 is 0. The Morgan fingerprint density at radius 3 is 1.56 bits per heavy atom. The van der Waals surface area contributed by atoms with Crippen molar-refractivity contribution in [1.82, 2.24) is 0 Å². The minimum Gasteiger partial charge on any atom is -0.486 e. The summed E-state index contributed by atoms with van der Waals surface area (Å²) in [7, 11) is 0. The summed E-state index contributed by atoms with van der Waals surface area (Å²) in [6, 6.07) is 79.5. The maximum Gasteiger partial charge on any atom is 0.252 e. The van der Waals surface area contributed by atoms with E-state index in [-0.39, 0.29) is 28.4 Å². The van der Waals surface area contributed by atoms with Gasteiger partial charge in [0.25, 0.3) is 6.71 Å². The fraction of sp³-hybridized carbons (Fsp3) is 0.215. The maximum absolute atomic E-state index is 6.48. The predicted octanol–water partition coefficient (Wildman–Crippen LogP) is 19.3. The Hall–Kier alpha value is -9.20. The van der Waals surface area contributed by atoms with Crippen LogP contribution in [0.15, 0.2) is 217 Å². The molecular weight excluding hydrogens is 1050 g/mol. The van der Waals surface area contributed by atoms with Crippen molar-refractivity contribution < 1.29 is 13.9 Å². The monoisotopic (exact) mass is 1120 g/mol.